The van der Waals surface area contributed by atoms with Crippen LogP contribution in [0.25, 0.3) is 0 Å². The van der Waals surface area contributed by atoms with Gasteiger partial charge in [0.1, 0.15) is 5.75 Å². The standard InChI is InChI=1S/C22H27N3O4/c1-28-20-9-3-16(4-10-20)15-25-13-11-19(12-14-25)24-22(27)23-18-7-5-17(6-8-18)21(26)29-2/h3-10,19H,11-15H2,1-2H3,(H2,23,24,27). The molecular weight excluding hydrogens is 370 g/mol. The number of amides is 2. The summed E-state index contributed by atoms with van der Waals surface area (Å²) < 4.78 is 9.86. The number of ether oxygens (including phenoxy) is 2. The molecule has 2 aromatic rings. The summed E-state index contributed by atoms with van der Waals surface area (Å²) in [5, 5.41) is 5.84. The van der Waals surface area contributed by atoms with Crippen molar-refractivity contribution in [2.24, 2.45) is 0 Å². The molecule has 2 aromatic carbocycles. The lowest BCUT2D eigenvalue weighted by Gasteiger charge is -2.32. The molecule has 7 nitrogen and oxygen atoms in total. The van der Waals surface area contributed by atoms with Crippen molar-refractivity contribution in [2.75, 3.05) is 32.6 Å². The molecule has 154 valence electrons. The number of hydrogen-bond acceptors (Lipinski definition) is 5. The Morgan fingerprint density at radius 1 is 1.00 bits per heavy atom. The SMILES string of the molecule is COC(=O)c1ccc(NC(=O)NC2CCN(Cc3ccc(OC)cc3)CC2)cc1. The fourth-order valence-electron chi connectivity index (χ4n) is 3.38. The van der Waals surface area contributed by atoms with E-state index in [-0.39, 0.29) is 12.1 Å². The zero-order chi connectivity index (χ0) is 20.6. The van der Waals surface area contributed by atoms with Crippen molar-refractivity contribution in [3.63, 3.8) is 0 Å². The van der Waals surface area contributed by atoms with Crippen molar-refractivity contribution in [3.05, 3.63) is 59.7 Å². The summed E-state index contributed by atoms with van der Waals surface area (Å²) in [6, 6.07) is 14.7. The Morgan fingerprint density at radius 2 is 1.66 bits per heavy atom. The molecule has 0 spiro atoms. The summed E-state index contributed by atoms with van der Waals surface area (Å²) in [6.45, 7) is 2.77. The Hall–Kier alpha value is -3.06. The highest BCUT2D eigenvalue weighted by Crippen LogP contribution is 2.17. The summed E-state index contributed by atoms with van der Waals surface area (Å²) in [7, 11) is 3.00. The van der Waals surface area contributed by atoms with Gasteiger partial charge in [-0.15, -0.1) is 0 Å². The van der Waals surface area contributed by atoms with E-state index in [0.717, 1.165) is 38.2 Å². The van der Waals surface area contributed by atoms with Crippen LogP contribution in [0, 0.1) is 0 Å². The number of likely N-dealkylation sites (tertiary alicyclic amines) is 1. The molecule has 2 amide bonds. The molecular formula is C22H27N3O4. The van der Waals surface area contributed by atoms with Gasteiger partial charge in [-0.3, -0.25) is 4.90 Å². The van der Waals surface area contributed by atoms with E-state index < -0.39 is 5.97 Å². The number of nitrogens with one attached hydrogen (secondary N) is 2. The first-order valence-corrected chi connectivity index (χ1v) is 9.68. The van der Waals surface area contributed by atoms with Gasteiger partial charge >= 0.3 is 12.0 Å². The summed E-state index contributed by atoms with van der Waals surface area (Å²) in [5.74, 6) is 0.463. The third-order valence-electron chi connectivity index (χ3n) is 5.05. The lowest BCUT2D eigenvalue weighted by Crippen LogP contribution is -2.45. The van der Waals surface area contributed by atoms with Crippen molar-refractivity contribution in [1.29, 1.82) is 0 Å². The molecule has 1 heterocycles. The van der Waals surface area contributed by atoms with Gasteiger partial charge in [0.25, 0.3) is 0 Å². The number of esters is 1. The van der Waals surface area contributed by atoms with Crippen LogP contribution in [0.2, 0.25) is 0 Å². The highest BCUT2D eigenvalue weighted by Gasteiger charge is 2.20. The second kappa shape index (κ2) is 9.93. The van der Waals surface area contributed by atoms with Crippen LogP contribution in [0.5, 0.6) is 5.75 Å². The van der Waals surface area contributed by atoms with Gasteiger partial charge in [-0.1, -0.05) is 12.1 Å². The highest BCUT2D eigenvalue weighted by atomic mass is 16.5. The number of hydrogen-bond donors (Lipinski definition) is 2. The molecule has 7 heteroatoms. The largest absolute Gasteiger partial charge is 0.497 e. The van der Waals surface area contributed by atoms with Gasteiger partial charge in [0, 0.05) is 31.4 Å². The zero-order valence-corrected chi connectivity index (χ0v) is 16.8. The molecule has 0 aliphatic carbocycles. The number of piperidine rings is 1. The van der Waals surface area contributed by atoms with Crippen molar-refractivity contribution < 1.29 is 19.1 Å². The maximum Gasteiger partial charge on any atom is 0.337 e. The topological polar surface area (TPSA) is 79.9 Å². The molecule has 1 saturated heterocycles. The van der Waals surface area contributed by atoms with E-state index >= 15 is 0 Å². The van der Waals surface area contributed by atoms with E-state index in [1.807, 2.05) is 12.1 Å². The maximum absolute atomic E-state index is 12.2. The molecule has 1 fully saturated rings. The Balaban J connectivity index is 1.41. The van der Waals surface area contributed by atoms with Gasteiger partial charge in [0.2, 0.25) is 0 Å². The number of carbonyl (C=O) groups is 2. The smallest absolute Gasteiger partial charge is 0.337 e. The second-order valence-corrected chi connectivity index (χ2v) is 7.07. The first-order valence-electron chi connectivity index (χ1n) is 9.68. The lowest BCUT2D eigenvalue weighted by molar-refractivity contribution is 0.0600. The second-order valence-electron chi connectivity index (χ2n) is 7.07. The number of nitrogens with zero attached hydrogens (tertiary/aromatic N) is 1. The molecule has 1 aliphatic rings. The van der Waals surface area contributed by atoms with Crippen LogP contribution in [0.1, 0.15) is 28.8 Å². The summed E-state index contributed by atoms with van der Waals surface area (Å²) >= 11 is 0. The van der Waals surface area contributed by atoms with E-state index in [0.29, 0.717) is 11.3 Å². The fourth-order valence-corrected chi connectivity index (χ4v) is 3.38. The van der Waals surface area contributed by atoms with Gasteiger partial charge in [0.15, 0.2) is 0 Å². The van der Waals surface area contributed by atoms with E-state index in [2.05, 4.69) is 32.4 Å². The number of methoxy groups -OCH3 is 2. The molecule has 3 rings (SSSR count). The Kier molecular flexibility index (Phi) is 7.08. The summed E-state index contributed by atoms with van der Waals surface area (Å²) in [5.41, 5.74) is 2.33. The predicted molar refractivity (Wildman–Crippen MR) is 111 cm³/mol. The van der Waals surface area contributed by atoms with Gasteiger partial charge in [0.05, 0.1) is 19.8 Å². The summed E-state index contributed by atoms with van der Waals surface area (Å²) in [4.78, 5) is 26.1. The maximum atomic E-state index is 12.2. The Bertz CT molecular complexity index is 813. The van der Waals surface area contributed by atoms with Crippen molar-refractivity contribution in [1.82, 2.24) is 10.2 Å². The normalized spacial score (nSPS) is 14.8. The first-order chi connectivity index (χ1) is 14.1. The van der Waals surface area contributed by atoms with Crippen LogP contribution in [0.4, 0.5) is 10.5 Å². The van der Waals surface area contributed by atoms with E-state index in [1.54, 1.807) is 31.4 Å². The third-order valence-corrected chi connectivity index (χ3v) is 5.05. The summed E-state index contributed by atoms with van der Waals surface area (Å²) in [6.07, 6.45) is 1.82. The monoisotopic (exact) mass is 397 g/mol. The van der Waals surface area contributed by atoms with E-state index in [4.69, 9.17) is 4.74 Å². The molecule has 1 aliphatic heterocycles. The van der Waals surface area contributed by atoms with E-state index in [1.165, 1.54) is 12.7 Å². The van der Waals surface area contributed by atoms with Crippen molar-refractivity contribution >= 4 is 17.7 Å². The number of anilines is 1. The minimum Gasteiger partial charge on any atom is -0.497 e. The Morgan fingerprint density at radius 3 is 2.24 bits per heavy atom. The van der Waals surface area contributed by atoms with Crippen LogP contribution in [-0.4, -0.2) is 50.3 Å². The molecule has 2 N–H and O–H groups in total. The van der Waals surface area contributed by atoms with Gasteiger partial charge in [-0.2, -0.15) is 0 Å². The average molecular weight is 397 g/mol. The zero-order valence-electron chi connectivity index (χ0n) is 16.8. The number of urea groups is 1. The highest BCUT2D eigenvalue weighted by molar-refractivity contribution is 5.92. The minimum absolute atomic E-state index is 0.149. The van der Waals surface area contributed by atoms with Crippen LogP contribution < -0.4 is 15.4 Å². The van der Waals surface area contributed by atoms with Crippen LogP contribution >= 0.6 is 0 Å². The molecule has 0 saturated carbocycles. The molecule has 0 bridgehead atoms. The van der Waals surface area contributed by atoms with E-state index in [9.17, 15) is 9.59 Å². The van der Waals surface area contributed by atoms with Gasteiger partial charge in [-0.05, 0) is 54.8 Å². The molecule has 0 radical (unpaired) electrons. The third kappa shape index (κ3) is 5.96. The number of carbonyl (C=O) groups excluding carboxylic acids is 2. The van der Waals surface area contributed by atoms with Crippen molar-refractivity contribution in [3.8, 4) is 5.75 Å². The number of rotatable bonds is 6. The molecule has 0 aromatic heterocycles. The number of benzene rings is 2. The van der Waals surface area contributed by atoms with Crippen LogP contribution in [0.15, 0.2) is 48.5 Å². The predicted octanol–water partition coefficient (Wildman–Crippen LogP) is 3.27. The quantitative estimate of drug-likeness (QED) is 0.732. The lowest BCUT2D eigenvalue weighted by atomic mass is 10.0. The average Bonchev–Trinajstić information content (AvgIpc) is 2.75. The van der Waals surface area contributed by atoms with Crippen molar-refractivity contribution in [2.45, 2.75) is 25.4 Å². The first kappa shape index (κ1) is 20.7. The fraction of sp³-hybridized carbons (Fsp3) is 0.364. The molecule has 0 atom stereocenters. The Labute approximate surface area is 171 Å². The van der Waals surface area contributed by atoms with Gasteiger partial charge in [-0.25, -0.2) is 9.59 Å². The molecule has 0 unspecified atom stereocenters. The van der Waals surface area contributed by atoms with Crippen LogP contribution in [0.3, 0.4) is 0 Å². The van der Waals surface area contributed by atoms with Crippen LogP contribution in [-0.2, 0) is 11.3 Å². The molecule has 29 heavy (non-hydrogen) atoms. The van der Waals surface area contributed by atoms with Gasteiger partial charge < -0.3 is 20.1 Å². The minimum atomic E-state index is -0.401.